The van der Waals surface area contributed by atoms with Crippen LogP contribution in [0.3, 0.4) is 0 Å². The Morgan fingerprint density at radius 3 is 0.841 bits per heavy atom. The molecule has 1 amide bonds. The molecule has 0 aromatic heterocycles. The molecule has 0 aromatic carbocycles. The maximum absolute atomic E-state index is 12.5. The van der Waals surface area contributed by atoms with Crippen LogP contribution < -0.4 is 5.32 Å². The highest BCUT2D eigenvalue weighted by atomic mass is 16.3. The molecule has 69 heavy (non-hydrogen) atoms. The lowest BCUT2D eigenvalue weighted by Crippen LogP contribution is -2.45. The normalized spacial score (nSPS) is 12.9. The highest BCUT2D eigenvalue weighted by Crippen LogP contribution is 2.18. The molecular formula is C65H125NO3. The Balaban J connectivity index is 3.40. The molecule has 0 rings (SSSR count). The number of rotatable bonds is 59. The van der Waals surface area contributed by atoms with Gasteiger partial charge in [-0.15, -0.1) is 0 Å². The lowest BCUT2D eigenvalue weighted by molar-refractivity contribution is -0.123. The van der Waals surface area contributed by atoms with E-state index in [1.807, 2.05) is 6.08 Å². The van der Waals surface area contributed by atoms with Gasteiger partial charge in [-0.2, -0.15) is 0 Å². The molecule has 0 spiro atoms. The summed E-state index contributed by atoms with van der Waals surface area (Å²) in [5.74, 6) is -0.0714. The molecule has 0 saturated heterocycles. The van der Waals surface area contributed by atoms with Crippen LogP contribution in [0.2, 0.25) is 0 Å². The smallest absolute Gasteiger partial charge is 0.220 e. The van der Waals surface area contributed by atoms with Gasteiger partial charge in [-0.3, -0.25) is 4.79 Å². The fourth-order valence-electron chi connectivity index (χ4n) is 10.0. The van der Waals surface area contributed by atoms with E-state index < -0.39 is 12.1 Å². The first-order valence-corrected chi connectivity index (χ1v) is 31.7. The van der Waals surface area contributed by atoms with Gasteiger partial charge in [-0.1, -0.05) is 339 Å². The molecule has 2 unspecified atom stereocenters. The van der Waals surface area contributed by atoms with Crippen LogP contribution in [0.15, 0.2) is 36.5 Å². The van der Waals surface area contributed by atoms with Gasteiger partial charge in [0.25, 0.3) is 0 Å². The predicted octanol–water partition coefficient (Wildman–Crippen LogP) is 21.2. The minimum absolute atomic E-state index is 0.0714. The number of hydrogen-bond acceptors (Lipinski definition) is 3. The number of amides is 1. The van der Waals surface area contributed by atoms with Crippen molar-refractivity contribution in [1.29, 1.82) is 0 Å². The van der Waals surface area contributed by atoms with Crippen molar-refractivity contribution in [1.82, 2.24) is 5.32 Å². The van der Waals surface area contributed by atoms with E-state index in [2.05, 4.69) is 43.5 Å². The summed E-state index contributed by atoms with van der Waals surface area (Å²) in [6.07, 6.45) is 83.6. The Morgan fingerprint density at radius 2 is 0.565 bits per heavy atom. The zero-order chi connectivity index (χ0) is 49.9. The molecule has 0 radical (unpaired) electrons. The summed E-state index contributed by atoms with van der Waals surface area (Å²) >= 11 is 0. The predicted molar refractivity (Wildman–Crippen MR) is 308 cm³/mol. The van der Waals surface area contributed by atoms with E-state index >= 15 is 0 Å². The molecule has 0 aliphatic heterocycles. The fourth-order valence-corrected chi connectivity index (χ4v) is 10.0. The molecule has 4 heteroatoms. The maximum atomic E-state index is 12.5. The first-order chi connectivity index (χ1) is 34.2. The van der Waals surface area contributed by atoms with E-state index in [1.165, 1.54) is 295 Å². The van der Waals surface area contributed by atoms with E-state index in [1.54, 1.807) is 6.08 Å². The number of hydrogen-bond donors (Lipinski definition) is 3. The number of allylic oxidation sites excluding steroid dienone is 5. The number of aliphatic hydroxyl groups is 2. The average Bonchev–Trinajstić information content (AvgIpc) is 3.35. The number of unbranched alkanes of at least 4 members (excludes halogenated alkanes) is 48. The van der Waals surface area contributed by atoms with Gasteiger partial charge in [0.15, 0.2) is 0 Å². The van der Waals surface area contributed by atoms with Crippen LogP contribution in [0.4, 0.5) is 0 Å². The zero-order valence-electron chi connectivity index (χ0n) is 47.1. The summed E-state index contributed by atoms with van der Waals surface area (Å²) in [5, 5.41) is 23.1. The largest absolute Gasteiger partial charge is 0.394 e. The van der Waals surface area contributed by atoms with Crippen molar-refractivity contribution in [3.05, 3.63) is 36.5 Å². The summed E-state index contributed by atoms with van der Waals surface area (Å²) in [5.41, 5.74) is 0. The Labute approximate surface area is 433 Å². The first-order valence-electron chi connectivity index (χ1n) is 31.7. The van der Waals surface area contributed by atoms with Gasteiger partial charge in [-0.25, -0.2) is 0 Å². The van der Waals surface area contributed by atoms with Gasteiger partial charge in [0, 0.05) is 6.42 Å². The molecule has 2 atom stereocenters. The van der Waals surface area contributed by atoms with Crippen molar-refractivity contribution in [2.45, 2.75) is 366 Å². The highest BCUT2D eigenvalue weighted by molar-refractivity contribution is 5.76. The minimum Gasteiger partial charge on any atom is -0.394 e. The van der Waals surface area contributed by atoms with E-state index in [4.69, 9.17) is 0 Å². The summed E-state index contributed by atoms with van der Waals surface area (Å²) in [7, 11) is 0. The Hall–Kier alpha value is -1.39. The number of aliphatic hydroxyl groups excluding tert-OH is 2. The van der Waals surface area contributed by atoms with E-state index in [0.29, 0.717) is 6.42 Å². The Kier molecular flexibility index (Phi) is 59.7. The second-order valence-electron chi connectivity index (χ2n) is 21.8. The highest BCUT2D eigenvalue weighted by Gasteiger charge is 2.18. The van der Waals surface area contributed by atoms with Crippen molar-refractivity contribution < 1.29 is 15.0 Å². The van der Waals surface area contributed by atoms with Gasteiger partial charge in [0.05, 0.1) is 18.8 Å². The van der Waals surface area contributed by atoms with Crippen molar-refractivity contribution in [3.8, 4) is 0 Å². The number of nitrogens with one attached hydrogen (secondary N) is 1. The standard InChI is InChI=1S/C65H125NO3/c1-3-5-7-9-11-13-15-17-19-21-23-24-25-26-27-28-29-30-31-32-33-34-35-36-37-38-39-40-41-42-43-45-47-49-51-53-55-57-59-61-65(69)66-63(62-67)64(68)60-58-56-54-52-50-48-46-44-22-20-18-16-14-12-10-8-6-4-2/h22,44,50,52,58,60,63-64,67-68H,3-21,23-43,45-49,51,53-57,59,61-62H2,1-2H3,(H,66,69)/b44-22+,52-50+,60-58+. The van der Waals surface area contributed by atoms with Crippen LogP contribution >= 0.6 is 0 Å². The molecule has 4 nitrogen and oxygen atoms in total. The van der Waals surface area contributed by atoms with E-state index in [-0.39, 0.29) is 12.5 Å². The summed E-state index contributed by atoms with van der Waals surface area (Å²) < 4.78 is 0. The van der Waals surface area contributed by atoms with Gasteiger partial charge < -0.3 is 15.5 Å². The van der Waals surface area contributed by atoms with Crippen LogP contribution in [0.1, 0.15) is 354 Å². The third kappa shape index (κ3) is 57.4. The molecule has 0 bridgehead atoms. The topological polar surface area (TPSA) is 69.6 Å². The van der Waals surface area contributed by atoms with Gasteiger partial charge >= 0.3 is 0 Å². The lowest BCUT2D eigenvalue weighted by atomic mass is 10.0. The van der Waals surface area contributed by atoms with Crippen LogP contribution in [-0.2, 0) is 4.79 Å². The number of carbonyl (C=O) groups excluding carboxylic acids is 1. The minimum atomic E-state index is -0.869. The average molecular weight is 969 g/mol. The molecule has 0 saturated carbocycles. The first kappa shape index (κ1) is 67.6. The third-order valence-electron chi connectivity index (χ3n) is 14.9. The maximum Gasteiger partial charge on any atom is 0.220 e. The SMILES string of the molecule is CCCCCCCCCC/C=C/CC/C=C/CC/C=C/C(O)C(CO)NC(=O)CCCCCCCCCCCCCCCCCCCCCCCCCCCCCCCCCCCCCCCCC. The molecule has 0 heterocycles. The van der Waals surface area contributed by atoms with Crippen molar-refractivity contribution in [2.24, 2.45) is 0 Å². The lowest BCUT2D eigenvalue weighted by Gasteiger charge is -2.19. The quantitative estimate of drug-likeness (QED) is 0.0420. The molecule has 408 valence electrons. The Bertz CT molecular complexity index is 1050. The van der Waals surface area contributed by atoms with E-state index in [0.717, 1.165) is 38.5 Å². The Morgan fingerprint density at radius 1 is 0.333 bits per heavy atom. The van der Waals surface area contributed by atoms with Crippen molar-refractivity contribution in [2.75, 3.05) is 6.61 Å². The van der Waals surface area contributed by atoms with Crippen molar-refractivity contribution >= 4 is 5.91 Å². The molecule has 0 aromatic rings. The summed E-state index contributed by atoms with van der Waals surface area (Å²) in [4.78, 5) is 12.5. The van der Waals surface area contributed by atoms with Crippen LogP contribution in [0.5, 0.6) is 0 Å². The van der Waals surface area contributed by atoms with Gasteiger partial charge in [0.1, 0.15) is 0 Å². The van der Waals surface area contributed by atoms with Gasteiger partial charge in [0.2, 0.25) is 5.91 Å². The van der Waals surface area contributed by atoms with Crippen LogP contribution in [0.25, 0.3) is 0 Å². The van der Waals surface area contributed by atoms with Crippen LogP contribution in [-0.4, -0.2) is 34.9 Å². The third-order valence-corrected chi connectivity index (χ3v) is 14.9. The van der Waals surface area contributed by atoms with E-state index in [9.17, 15) is 15.0 Å². The second-order valence-corrected chi connectivity index (χ2v) is 21.8. The second kappa shape index (κ2) is 60.9. The monoisotopic (exact) mass is 968 g/mol. The van der Waals surface area contributed by atoms with Crippen LogP contribution in [0, 0.1) is 0 Å². The fraction of sp³-hybridized carbons (Fsp3) is 0.892. The van der Waals surface area contributed by atoms with Gasteiger partial charge in [-0.05, 0) is 44.9 Å². The molecule has 3 N–H and O–H groups in total. The summed E-state index contributed by atoms with van der Waals surface area (Å²) in [6, 6.07) is -0.644. The summed E-state index contributed by atoms with van der Waals surface area (Å²) in [6.45, 7) is 4.32. The zero-order valence-corrected chi connectivity index (χ0v) is 47.1. The van der Waals surface area contributed by atoms with Crippen molar-refractivity contribution in [3.63, 3.8) is 0 Å². The molecule has 0 fully saturated rings. The molecule has 0 aliphatic carbocycles. The molecular weight excluding hydrogens is 843 g/mol. The number of carbonyl (C=O) groups is 1. The molecule has 0 aliphatic rings.